The maximum absolute atomic E-state index is 13.1. The Balaban J connectivity index is 1.55. The van der Waals surface area contributed by atoms with Crippen LogP contribution >= 0.6 is 0 Å². The van der Waals surface area contributed by atoms with Crippen molar-refractivity contribution in [3.8, 4) is 6.07 Å². The van der Waals surface area contributed by atoms with Gasteiger partial charge < -0.3 is 9.88 Å². The summed E-state index contributed by atoms with van der Waals surface area (Å²) in [6.07, 6.45) is 12.9. The topological polar surface area (TPSA) is 101 Å². The first-order valence-corrected chi connectivity index (χ1v) is 13.6. The second-order valence-electron chi connectivity index (χ2n) is 10.3. The molecule has 3 aromatic heterocycles. The molecule has 2 unspecified atom stereocenters. The fourth-order valence-corrected chi connectivity index (χ4v) is 5.76. The molecule has 1 aliphatic rings. The highest BCUT2D eigenvalue weighted by Crippen LogP contribution is 2.36. The van der Waals surface area contributed by atoms with Crippen LogP contribution < -0.4 is 5.32 Å². The number of ketones is 1. The molecule has 4 rings (SSSR count). The van der Waals surface area contributed by atoms with Crippen molar-refractivity contribution in [3.63, 3.8) is 0 Å². The number of aromatic nitrogens is 3. The Morgan fingerprint density at radius 3 is 2.65 bits per heavy atom. The molecule has 1 amide bonds. The quantitative estimate of drug-likeness (QED) is 0.323. The van der Waals surface area contributed by atoms with E-state index in [9.17, 15) is 9.59 Å². The van der Waals surface area contributed by atoms with E-state index in [0.717, 1.165) is 56.0 Å². The largest absolute Gasteiger partial charge is 0.349 e. The van der Waals surface area contributed by atoms with E-state index in [0.29, 0.717) is 23.1 Å². The molecule has 37 heavy (non-hydrogen) atoms. The number of fused-ring (bicyclic) bond motifs is 1. The Kier molecular flexibility index (Phi) is 8.70. The third-order valence-electron chi connectivity index (χ3n) is 7.82. The molecule has 1 fully saturated rings. The fourth-order valence-electron chi connectivity index (χ4n) is 5.76. The number of nitrogens with zero attached hydrogens (tertiary/aromatic N) is 4. The zero-order valence-electron chi connectivity index (χ0n) is 22.2. The lowest BCUT2D eigenvalue weighted by atomic mass is 9.82. The number of carbonyl (C=O) groups is 2. The van der Waals surface area contributed by atoms with Crippen molar-refractivity contribution in [2.75, 3.05) is 5.32 Å². The summed E-state index contributed by atoms with van der Waals surface area (Å²) in [7, 11) is 2.02. The predicted molar refractivity (Wildman–Crippen MR) is 145 cm³/mol. The fraction of sp³-hybridized carbons (Fsp3) is 0.500. The summed E-state index contributed by atoms with van der Waals surface area (Å²) >= 11 is 0. The van der Waals surface area contributed by atoms with Gasteiger partial charge in [-0.2, -0.15) is 5.26 Å². The van der Waals surface area contributed by atoms with Crippen molar-refractivity contribution < 1.29 is 9.59 Å². The van der Waals surface area contributed by atoms with Gasteiger partial charge in [-0.15, -0.1) is 0 Å². The first kappa shape index (κ1) is 26.5. The highest BCUT2D eigenvalue weighted by atomic mass is 16.2. The number of aryl methyl sites for hydroxylation is 1. The van der Waals surface area contributed by atoms with Crippen molar-refractivity contribution in [2.24, 2.45) is 18.9 Å². The molecule has 1 saturated carbocycles. The van der Waals surface area contributed by atoms with E-state index in [4.69, 9.17) is 10.2 Å². The van der Waals surface area contributed by atoms with Crippen molar-refractivity contribution in [3.05, 3.63) is 53.5 Å². The molecule has 3 heterocycles. The molecule has 1 N–H and O–H groups in total. The van der Waals surface area contributed by atoms with Crippen molar-refractivity contribution in [1.82, 2.24) is 14.5 Å². The minimum Gasteiger partial charge on any atom is -0.349 e. The first-order chi connectivity index (χ1) is 17.9. The van der Waals surface area contributed by atoms with Gasteiger partial charge in [-0.05, 0) is 74.3 Å². The maximum atomic E-state index is 13.1. The number of hydrogen-bond donors (Lipinski definition) is 1. The second kappa shape index (κ2) is 12.1. The lowest BCUT2D eigenvalue weighted by Crippen LogP contribution is -2.22. The Labute approximate surface area is 219 Å². The SMILES string of the molecule is CCCC(CCC(CC)C(=O)C1CCCC1)c1cn(C)c2ccc(NC(=O)c3cc(C#N)ccn3)nc12. The van der Waals surface area contributed by atoms with Gasteiger partial charge in [0, 0.05) is 31.3 Å². The van der Waals surface area contributed by atoms with Gasteiger partial charge in [0.1, 0.15) is 17.3 Å². The lowest BCUT2D eigenvalue weighted by Gasteiger charge is -2.21. The van der Waals surface area contributed by atoms with E-state index in [1.807, 2.05) is 19.2 Å². The Bertz CT molecular complexity index is 1300. The average molecular weight is 500 g/mol. The highest BCUT2D eigenvalue weighted by Gasteiger charge is 2.29. The molecule has 3 aromatic rings. The molecule has 0 bridgehead atoms. The summed E-state index contributed by atoms with van der Waals surface area (Å²) in [5.41, 5.74) is 3.62. The van der Waals surface area contributed by atoms with Gasteiger partial charge in [-0.3, -0.25) is 14.6 Å². The third kappa shape index (κ3) is 6.07. The number of Topliss-reactive ketones (excluding diaryl/α,β-unsaturated/α-hetero) is 1. The van der Waals surface area contributed by atoms with E-state index in [2.05, 4.69) is 34.9 Å². The van der Waals surface area contributed by atoms with Crippen LogP contribution in [0, 0.1) is 23.2 Å². The molecular formula is C30H37N5O2. The molecule has 0 radical (unpaired) electrons. The van der Waals surface area contributed by atoms with Gasteiger partial charge >= 0.3 is 0 Å². The third-order valence-corrected chi connectivity index (χ3v) is 7.82. The summed E-state index contributed by atoms with van der Waals surface area (Å²) in [6.45, 7) is 4.34. The number of amides is 1. The molecule has 7 nitrogen and oxygen atoms in total. The van der Waals surface area contributed by atoms with Crippen LogP contribution in [0.4, 0.5) is 5.82 Å². The van der Waals surface area contributed by atoms with E-state index < -0.39 is 5.91 Å². The number of nitrogens with one attached hydrogen (secondary N) is 1. The Morgan fingerprint density at radius 1 is 1.16 bits per heavy atom. The molecule has 0 spiro atoms. The predicted octanol–water partition coefficient (Wildman–Crippen LogP) is 6.54. The summed E-state index contributed by atoms with van der Waals surface area (Å²) in [5, 5.41) is 12.0. The summed E-state index contributed by atoms with van der Waals surface area (Å²) in [5.74, 6) is 1.23. The van der Waals surface area contributed by atoms with E-state index in [1.54, 1.807) is 12.1 Å². The number of hydrogen-bond acceptors (Lipinski definition) is 5. The summed E-state index contributed by atoms with van der Waals surface area (Å²) in [4.78, 5) is 34.8. The smallest absolute Gasteiger partial charge is 0.275 e. The number of pyridine rings is 2. The molecule has 0 aliphatic heterocycles. The molecular weight excluding hydrogens is 462 g/mol. The van der Waals surface area contributed by atoms with Gasteiger partial charge in [-0.25, -0.2) is 4.98 Å². The van der Waals surface area contributed by atoms with Crippen molar-refractivity contribution in [2.45, 2.75) is 77.6 Å². The molecule has 194 valence electrons. The second-order valence-corrected chi connectivity index (χ2v) is 10.3. The molecule has 7 heteroatoms. The normalized spacial score (nSPS) is 15.4. The van der Waals surface area contributed by atoms with E-state index in [-0.39, 0.29) is 17.5 Å². The van der Waals surface area contributed by atoms with Gasteiger partial charge in [0.15, 0.2) is 0 Å². The standard InChI is InChI=1S/C30H37N5O2/c1-4-8-22(12-11-21(5-2)29(36)23-9-6-7-10-23)24-19-35(3)26-13-14-27(33-28(24)26)34-30(37)25-17-20(18-31)15-16-32-25/h13-17,19,21-23H,4-12H2,1-3H3,(H,33,34,37). The van der Waals surface area contributed by atoms with Crippen LogP contribution in [0.2, 0.25) is 0 Å². The van der Waals surface area contributed by atoms with Crippen LogP contribution in [-0.2, 0) is 11.8 Å². The number of rotatable bonds is 11. The Morgan fingerprint density at radius 2 is 1.95 bits per heavy atom. The van der Waals surface area contributed by atoms with Gasteiger partial charge in [0.05, 0.1) is 22.7 Å². The van der Waals surface area contributed by atoms with Crippen molar-refractivity contribution >= 4 is 28.5 Å². The molecule has 2 atom stereocenters. The van der Waals surface area contributed by atoms with Crippen LogP contribution in [0.25, 0.3) is 11.0 Å². The van der Waals surface area contributed by atoms with Crippen LogP contribution in [-0.4, -0.2) is 26.2 Å². The molecule has 1 aliphatic carbocycles. The van der Waals surface area contributed by atoms with Gasteiger partial charge in [0.25, 0.3) is 5.91 Å². The van der Waals surface area contributed by atoms with Gasteiger partial charge in [0.2, 0.25) is 0 Å². The number of nitriles is 1. The zero-order valence-corrected chi connectivity index (χ0v) is 22.2. The average Bonchev–Trinajstić information content (AvgIpc) is 3.57. The van der Waals surface area contributed by atoms with E-state index in [1.165, 1.54) is 30.7 Å². The van der Waals surface area contributed by atoms with E-state index >= 15 is 0 Å². The monoisotopic (exact) mass is 499 g/mol. The summed E-state index contributed by atoms with van der Waals surface area (Å²) in [6, 6.07) is 8.83. The number of carbonyl (C=O) groups excluding carboxylic acids is 2. The van der Waals surface area contributed by atoms with Crippen LogP contribution in [0.5, 0.6) is 0 Å². The highest BCUT2D eigenvalue weighted by molar-refractivity contribution is 6.03. The van der Waals surface area contributed by atoms with Crippen LogP contribution in [0.1, 0.15) is 99.2 Å². The first-order valence-electron chi connectivity index (χ1n) is 13.6. The lowest BCUT2D eigenvalue weighted by molar-refractivity contribution is -0.127. The zero-order chi connectivity index (χ0) is 26.4. The van der Waals surface area contributed by atoms with Crippen molar-refractivity contribution in [1.29, 1.82) is 5.26 Å². The minimum atomic E-state index is -0.400. The molecule has 0 aromatic carbocycles. The minimum absolute atomic E-state index is 0.136. The van der Waals surface area contributed by atoms with Crippen LogP contribution in [0.15, 0.2) is 36.7 Å². The maximum Gasteiger partial charge on any atom is 0.275 e. The van der Waals surface area contributed by atoms with Crippen LogP contribution in [0.3, 0.4) is 0 Å². The molecule has 0 saturated heterocycles. The number of anilines is 1. The Hall–Kier alpha value is -3.53. The van der Waals surface area contributed by atoms with Gasteiger partial charge in [-0.1, -0.05) is 33.1 Å². The summed E-state index contributed by atoms with van der Waals surface area (Å²) < 4.78 is 2.09.